The fourth-order valence-electron chi connectivity index (χ4n) is 3.94. The molecule has 1 N–H and O–H groups in total. The Morgan fingerprint density at radius 1 is 1.58 bits per heavy atom. The normalized spacial score (nSPS) is 40.4. The van der Waals surface area contributed by atoms with Crippen LogP contribution in [-0.2, 0) is 19.1 Å². The van der Waals surface area contributed by atoms with Crippen molar-refractivity contribution in [3.63, 3.8) is 0 Å². The highest BCUT2D eigenvalue weighted by Gasteiger charge is 2.59. The first-order valence-electron chi connectivity index (χ1n) is 6.75. The van der Waals surface area contributed by atoms with Crippen molar-refractivity contribution in [1.29, 1.82) is 0 Å². The lowest BCUT2D eigenvalue weighted by molar-refractivity contribution is -0.158. The Morgan fingerprint density at radius 2 is 2.37 bits per heavy atom. The lowest BCUT2D eigenvalue weighted by atomic mass is 9.72. The predicted molar refractivity (Wildman–Crippen MR) is 65.4 cm³/mol. The molecular weight excluding hydrogens is 248 g/mol. The van der Waals surface area contributed by atoms with Crippen LogP contribution in [-0.4, -0.2) is 36.4 Å². The number of esters is 1. The van der Waals surface area contributed by atoms with Gasteiger partial charge in [0.1, 0.15) is 11.5 Å². The number of aliphatic carboxylic acids is 1. The quantitative estimate of drug-likeness (QED) is 0.619. The number of carboxylic acids is 1. The van der Waals surface area contributed by atoms with E-state index in [9.17, 15) is 9.59 Å². The van der Waals surface area contributed by atoms with Crippen LogP contribution in [0.5, 0.6) is 0 Å². The predicted octanol–water partition coefficient (Wildman–Crippen LogP) is 1.52. The highest BCUT2D eigenvalue weighted by Crippen LogP contribution is 2.54. The molecule has 0 aromatic rings. The molecule has 0 aromatic carbocycles. The summed E-state index contributed by atoms with van der Waals surface area (Å²) in [6.45, 7) is 0. The molecule has 1 saturated carbocycles. The van der Waals surface area contributed by atoms with Crippen LogP contribution in [0, 0.1) is 11.3 Å². The van der Waals surface area contributed by atoms with Crippen LogP contribution in [0.3, 0.4) is 0 Å². The lowest BCUT2D eigenvalue weighted by Gasteiger charge is -2.31. The van der Waals surface area contributed by atoms with Gasteiger partial charge in [-0.15, -0.1) is 0 Å². The van der Waals surface area contributed by atoms with Crippen molar-refractivity contribution in [3.8, 4) is 0 Å². The topological polar surface area (TPSA) is 72.8 Å². The largest absolute Gasteiger partial charge is 0.481 e. The monoisotopic (exact) mass is 266 g/mol. The fourth-order valence-corrected chi connectivity index (χ4v) is 3.94. The second-order valence-corrected chi connectivity index (χ2v) is 5.69. The molecular formula is C14H18O5. The van der Waals surface area contributed by atoms with Gasteiger partial charge >= 0.3 is 11.9 Å². The Balaban J connectivity index is 2.05. The van der Waals surface area contributed by atoms with E-state index in [1.807, 2.05) is 6.08 Å². The van der Waals surface area contributed by atoms with E-state index in [2.05, 4.69) is 0 Å². The molecule has 4 bridgehead atoms. The molecule has 2 fully saturated rings. The van der Waals surface area contributed by atoms with Crippen LogP contribution in [0.1, 0.15) is 32.1 Å². The molecule has 1 heterocycles. The number of methoxy groups -OCH3 is 1. The van der Waals surface area contributed by atoms with E-state index in [-0.39, 0.29) is 30.5 Å². The molecule has 1 aliphatic heterocycles. The molecule has 0 aromatic heterocycles. The molecule has 0 radical (unpaired) electrons. The highest BCUT2D eigenvalue weighted by molar-refractivity contribution is 5.89. The van der Waals surface area contributed by atoms with E-state index in [1.165, 1.54) is 0 Å². The number of carboxylic acid groups (broad SMARTS) is 1. The molecule has 5 nitrogen and oxygen atoms in total. The van der Waals surface area contributed by atoms with Gasteiger partial charge in [-0.2, -0.15) is 0 Å². The van der Waals surface area contributed by atoms with Crippen molar-refractivity contribution in [1.82, 2.24) is 0 Å². The molecule has 5 heteroatoms. The SMILES string of the molecule is CO[C@H]1CC[C@@]2(CC(=O)O)C(=O)O[C@H]3C2=CCC[C@H]13. The van der Waals surface area contributed by atoms with Crippen molar-refractivity contribution in [2.75, 3.05) is 7.11 Å². The molecule has 3 rings (SSSR count). The van der Waals surface area contributed by atoms with Crippen molar-refractivity contribution in [2.45, 2.75) is 44.3 Å². The maximum atomic E-state index is 12.2. The van der Waals surface area contributed by atoms with Crippen LogP contribution in [0.4, 0.5) is 0 Å². The van der Waals surface area contributed by atoms with Gasteiger partial charge in [-0.25, -0.2) is 0 Å². The van der Waals surface area contributed by atoms with E-state index < -0.39 is 11.4 Å². The maximum absolute atomic E-state index is 12.2. The standard InChI is InChI=1S/C14H18O5/c1-18-10-5-6-14(7-11(15)16)9-4-2-3-8(10)12(9)19-13(14)17/h4,8,10,12H,2-3,5-7H2,1H3,(H,15,16)/t8-,10+,12-,14+/m1/s1. The summed E-state index contributed by atoms with van der Waals surface area (Å²) in [5.41, 5.74) is -0.0432. The van der Waals surface area contributed by atoms with Crippen molar-refractivity contribution in [3.05, 3.63) is 11.6 Å². The molecule has 1 saturated heterocycles. The smallest absolute Gasteiger partial charge is 0.317 e. The number of rotatable bonds is 3. The summed E-state index contributed by atoms with van der Waals surface area (Å²) in [7, 11) is 1.67. The van der Waals surface area contributed by atoms with Gasteiger partial charge in [0.15, 0.2) is 0 Å². The Morgan fingerprint density at radius 3 is 3.05 bits per heavy atom. The average Bonchev–Trinajstić information content (AvgIpc) is 2.61. The summed E-state index contributed by atoms with van der Waals surface area (Å²) in [6.07, 6.45) is 4.67. The van der Waals surface area contributed by atoms with Gasteiger partial charge in [-0.1, -0.05) is 6.08 Å². The molecule has 0 unspecified atom stereocenters. The zero-order chi connectivity index (χ0) is 13.6. The molecule has 3 aliphatic rings. The first-order chi connectivity index (χ1) is 9.08. The first kappa shape index (κ1) is 12.7. The molecule has 2 aliphatic carbocycles. The van der Waals surface area contributed by atoms with Gasteiger partial charge in [0.05, 0.1) is 12.5 Å². The minimum absolute atomic E-state index is 0.0532. The molecule has 4 atom stereocenters. The minimum Gasteiger partial charge on any atom is -0.481 e. The van der Waals surface area contributed by atoms with Crippen molar-refractivity contribution in [2.24, 2.45) is 11.3 Å². The molecule has 0 spiro atoms. The van der Waals surface area contributed by atoms with Gasteiger partial charge in [0, 0.05) is 13.0 Å². The Labute approximate surface area is 111 Å². The Bertz CT molecular complexity index is 455. The number of hydrogen-bond donors (Lipinski definition) is 1. The van der Waals surface area contributed by atoms with Gasteiger partial charge < -0.3 is 14.6 Å². The van der Waals surface area contributed by atoms with Gasteiger partial charge in [-0.3, -0.25) is 9.59 Å². The van der Waals surface area contributed by atoms with Crippen LogP contribution >= 0.6 is 0 Å². The average molecular weight is 266 g/mol. The Kier molecular flexibility index (Phi) is 2.89. The molecule has 19 heavy (non-hydrogen) atoms. The van der Waals surface area contributed by atoms with Crippen LogP contribution in [0.25, 0.3) is 0 Å². The van der Waals surface area contributed by atoms with Crippen LogP contribution in [0.15, 0.2) is 11.6 Å². The van der Waals surface area contributed by atoms with E-state index in [0.29, 0.717) is 6.42 Å². The van der Waals surface area contributed by atoms with Crippen LogP contribution < -0.4 is 0 Å². The van der Waals surface area contributed by atoms with E-state index in [1.54, 1.807) is 7.11 Å². The van der Waals surface area contributed by atoms with Crippen molar-refractivity contribution >= 4 is 11.9 Å². The van der Waals surface area contributed by atoms with Crippen molar-refractivity contribution < 1.29 is 24.2 Å². The first-order valence-corrected chi connectivity index (χ1v) is 6.75. The minimum atomic E-state index is -0.948. The van der Waals surface area contributed by atoms with E-state index in [4.69, 9.17) is 14.6 Å². The fraction of sp³-hybridized carbons (Fsp3) is 0.714. The van der Waals surface area contributed by atoms with E-state index in [0.717, 1.165) is 24.8 Å². The number of carbonyl (C=O) groups is 2. The lowest BCUT2D eigenvalue weighted by Crippen LogP contribution is -2.35. The second kappa shape index (κ2) is 4.34. The molecule has 0 amide bonds. The maximum Gasteiger partial charge on any atom is 0.317 e. The third-order valence-corrected chi connectivity index (χ3v) is 4.83. The van der Waals surface area contributed by atoms with Gasteiger partial charge in [-0.05, 0) is 31.3 Å². The summed E-state index contributed by atoms with van der Waals surface area (Å²) in [5.74, 6) is -1.13. The zero-order valence-electron chi connectivity index (χ0n) is 10.9. The van der Waals surface area contributed by atoms with Crippen LogP contribution in [0.2, 0.25) is 0 Å². The highest BCUT2D eigenvalue weighted by atomic mass is 16.6. The summed E-state index contributed by atoms with van der Waals surface area (Å²) < 4.78 is 11.0. The van der Waals surface area contributed by atoms with E-state index >= 15 is 0 Å². The number of ether oxygens (including phenoxy) is 2. The number of allylic oxidation sites excluding steroid dienone is 1. The van der Waals surface area contributed by atoms with Gasteiger partial charge in [0.2, 0.25) is 0 Å². The second-order valence-electron chi connectivity index (χ2n) is 5.69. The summed E-state index contributed by atoms with van der Waals surface area (Å²) in [4.78, 5) is 23.4. The number of hydrogen-bond acceptors (Lipinski definition) is 4. The summed E-state index contributed by atoms with van der Waals surface area (Å²) >= 11 is 0. The Hall–Kier alpha value is -1.36. The summed E-state index contributed by atoms with van der Waals surface area (Å²) in [5, 5.41) is 9.14. The summed E-state index contributed by atoms with van der Waals surface area (Å²) in [6, 6.07) is 0. The zero-order valence-corrected chi connectivity index (χ0v) is 10.9. The number of carbonyl (C=O) groups excluding carboxylic acids is 1. The molecule has 104 valence electrons. The third-order valence-electron chi connectivity index (χ3n) is 4.83. The third kappa shape index (κ3) is 1.71. The van der Waals surface area contributed by atoms with Gasteiger partial charge in [0.25, 0.3) is 0 Å².